The number of hydrogen-bond donors (Lipinski definition) is 0. The average molecular weight is 310 g/mol. The summed E-state index contributed by atoms with van der Waals surface area (Å²) in [6.45, 7) is 1.57. The van der Waals surface area contributed by atoms with Gasteiger partial charge in [-0.05, 0) is 12.8 Å². The highest BCUT2D eigenvalue weighted by Crippen LogP contribution is 2.13. The van der Waals surface area contributed by atoms with Gasteiger partial charge in [-0.3, -0.25) is 4.68 Å². The molecule has 0 fully saturated rings. The molecule has 0 saturated carbocycles. The topological polar surface area (TPSA) is 64.4 Å². The molecule has 0 spiro atoms. The van der Waals surface area contributed by atoms with Gasteiger partial charge in [0.25, 0.3) is 0 Å². The van der Waals surface area contributed by atoms with Gasteiger partial charge in [0.2, 0.25) is 10.0 Å². The van der Waals surface area contributed by atoms with Crippen LogP contribution in [-0.4, -0.2) is 55.7 Å². The predicted octanol–water partition coefficient (Wildman–Crippen LogP) is 1.17. The Hall–Kier alpha value is -0.630. The fourth-order valence-electron chi connectivity index (χ4n) is 1.55. The van der Waals surface area contributed by atoms with Crippen LogP contribution in [0.3, 0.4) is 0 Å². The highest BCUT2D eigenvalue weighted by molar-refractivity contribution is 7.89. The molecule has 0 aliphatic heterocycles. The quantitative estimate of drug-likeness (QED) is 0.507. The Balaban J connectivity index is 2.68. The molecular weight excluding hydrogens is 290 g/mol. The Kier molecular flexibility index (Phi) is 6.78. The molecule has 0 N–H and O–H groups in total. The Bertz CT molecular complexity index is 475. The van der Waals surface area contributed by atoms with E-state index in [4.69, 9.17) is 16.3 Å². The molecule has 19 heavy (non-hydrogen) atoms. The van der Waals surface area contributed by atoms with Crippen molar-refractivity contribution in [2.45, 2.75) is 24.3 Å². The average Bonchev–Trinajstić information content (AvgIpc) is 2.85. The van der Waals surface area contributed by atoms with Crippen LogP contribution in [0.25, 0.3) is 0 Å². The Labute approximate surface area is 119 Å². The van der Waals surface area contributed by atoms with Gasteiger partial charge in [-0.2, -0.15) is 5.10 Å². The fraction of sp³-hybridized carbons (Fsp3) is 0.727. The van der Waals surface area contributed by atoms with Crippen molar-refractivity contribution in [2.75, 3.05) is 33.2 Å². The molecule has 1 aromatic heterocycles. The first-order valence-electron chi connectivity index (χ1n) is 6.06. The Morgan fingerprint density at radius 2 is 2.21 bits per heavy atom. The molecule has 0 radical (unpaired) electrons. The number of rotatable bonds is 9. The summed E-state index contributed by atoms with van der Waals surface area (Å²) in [5, 5.41) is 4.03. The van der Waals surface area contributed by atoms with Crippen molar-refractivity contribution in [3.8, 4) is 0 Å². The maximum Gasteiger partial charge on any atom is 0.245 e. The van der Waals surface area contributed by atoms with Crippen molar-refractivity contribution in [1.29, 1.82) is 0 Å². The molecule has 0 bridgehead atoms. The summed E-state index contributed by atoms with van der Waals surface area (Å²) in [6.07, 6.45) is 4.32. The molecule has 110 valence electrons. The Morgan fingerprint density at radius 3 is 2.84 bits per heavy atom. The first-order valence-corrected chi connectivity index (χ1v) is 8.03. The van der Waals surface area contributed by atoms with Crippen LogP contribution < -0.4 is 0 Å². The van der Waals surface area contributed by atoms with Crippen molar-refractivity contribution in [3.63, 3.8) is 0 Å². The summed E-state index contributed by atoms with van der Waals surface area (Å²) in [5.41, 5.74) is 0. The second-order valence-corrected chi connectivity index (χ2v) is 6.58. The van der Waals surface area contributed by atoms with E-state index in [1.54, 1.807) is 18.8 Å². The zero-order valence-corrected chi connectivity index (χ0v) is 12.8. The number of sulfonamides is 1. The van der Waals surface area contributed by atoms with Gasteiger partial charge in [-0.15, -0.1) is 11.6 Å². The SMILES string of the molecule is COCCCN(C)S(=O)(=O)c1cnn(CCCCl)c1. The monoisotopic (exact) mass is 309 g/mol. The van der Waals surface area contributed by atoms with E-state index in [-0.39, 0.29) is 4.90 Å². The molecule has 1 aromatic rings. The molecule has 0 unspecified atom stereocenters. The van der Waals surface area contributed by atoms with Gasteiger partial charge in [0.1, 0.15) is 4.90 Å². The second kappa shape index (κ2) is 7.84. The molecule has 0 saturated heterocycles. The zero-order chi connectivity index (χ0) is 14.3. The normalized spacial score (nSPS) is 12.2. The lowest BCUT2D eigenvalue weighted by atomic mass is 10.5. The highest BCUT2D eigenvalue weighted by atomic mass is 35.5. The number of alkyl halides is 1. The minimum atomic E-state index is -3.46. The van der Waals surface area contributed by atoms with E-state index in [1.165, 1.54) is 16.7 Å². The van der Waals surface area contributed by atoms with Crippen LogP contribution in [0.5, 0.6) is 0 Å². The first kappa shape index (κ1) is 16.4. The highest BCUT2D eigenvalue weighted by Gasteiger charge is 2.22. The van der Waals surface area contributed by atoms with Gasteiger partial charge in [0.05, 0.1) is 6.20 Å². The molecule has 0 amide bonds. The number of nitrogens with zero attached hydrogens (tertiary/aromatic N) is 3. The van der Waals surface area contributed by atoms with Crippen LogP contribution in [0.1, 0.15) is 12.8 Å². The molecule has 6 nitrogen and oxygen atoms in total. The molecule has 1 heterocycles. The van der Waals surface area contributed by atoms with Crippen LogP contribution in [-0.2, 0) is 21.3 Å². The predicted molar refractivity (Wildman–Crippen MR) is 73.9 cm³/mol. The molecule has 0 aliphatic rings. The van der Waals surface area contributed by atoms with Gasteiger partial charge in [-0.25, -0.2) is 12.7 Å². The third-order valence-electron chi connectivity index (χ3n) is 2.66. The van der Waals surface area contributed by atoms with Gasteiger partial charge >= 0.3 is 0 Å². The van der Waals surface area contributed by atoms with Crippen molar-refractivity contribution >= 4 is 21.6 Å². The maximum atomic E-state index is 12.2. The van der Waals surface area contributed by atoms with Crippen LogP contribution >= 0.6 is 11.6 Å². The number of aryl methyl sites for hydroxylation is 1. The number of aromatic nitrogens is 2. The smallest absolute Gasteiger partial charge is 0.245 e. The minimum Gasteiger partial charge on any atom is -0.385 e. The van der Waals surface area contributed by atoms with Crippen molar-refractivity contribution < 1.29 is 13.2 Å². The summed E-state index contributed by atoms with van der Waals surface area (Å²) < 4.78 is 32.3. The van der Waals surface area contributed by atoms with E-state index >= 15 is 0 Å². The second-order valence-electron chi connectivity index (χ2n) is 4.15. The van der Waals surface area contributed by atoms with Gasteiger partial charge in [0, 0.05) is 45.9 Å². The number of hydrogen-bond acceptors (Lipinski definition) is 4. The molecule has 0 atom stereocenters. The third-order valence-corrected chi connectivity index (χ3v) is 4.74. The molecule has 0 aromatic carbocycles. The van der Waals surface area contributed by atoms with Crippen molar-refractivity contribution in [3.05, 3.63) is 12.4 Å². The third kappa shape index (κ3) is 4.76. The van der Waals surface area contributed by atoms with Crippen molar-refractivity contribution in [2.24, 2.45) is 0 Å². The van der Waals surface area contributed by atoms with E-state index in [1.807, 2.05) is 0 Å². The van der Waals surface area contributed by atoms with Gasteiger partial charge in [0.15, 0.2) is 0 Å². The van der Waals surface area contributed by atoms with E-state index in [9.17, 15) is 8.42 Å². The van der Waals surface area contributed by atoms with E-state index in [0.717, 1.165) is 6.42 Å². The largest absolute Gasteiger partial charge is 0.385 e. The first-order chi connectivity index (χ1) is 9.02. The molecule has 1 rings (SSSR count). The van der Waals surface area contributed by atoms with Crippen LogP contribution in [0, 0.1) is 0 Å². The molecule has 8 heteroatoms. The summed E-state index contributed by atoms with van der Waals surface area (Å²) in [5.74, 6) is 0.527. The summed E-state index contributed by atoms with van der Waals surface area (Å²) >= 11 is 5.59. The van der Waals surface area contributed by atoms with E-state index in [2.05, 4.69) is 5.10 Å². The number of halogens is 1. The fourth-order valence-corrected chi connectivity index (χ4v) is 2.84. The van der Waals surface area contributed by atoms with E-state index in [0.29, 0.717) is 32.0 Å². The lowest BCUT2D eigenvalue weighted by molar-refractivity contribution is 0.189. The molecule has 0 aliphatic carbocycles. The Morgan fingerprint density at radius 1 is 1.47 bits per heavy atom. The van der Waals surface area contributed by atoms with Gasteiger partial charge < -0.3 is 4.74 Å². The lowest BCUT2D eigenvalue weighted by Crippen LogP contribution is -2.28. The summed E-state index contributed by atoms with van der Waals surface area (Å²) in [6, 6.07) is 0. The summed E-state index contributed by atoms with van der Waals surface area (Å²) in [4.78, 5) is 0.210. The lowest BCUT2D eigenvalue weighted by Gasteiger charge is -2.15. The van der Waals surface area contributed by atoms with Crippen LogP contribution in [0.15, 0.2) is 17.3 Å². The van der Waals surface area contributed by atoms with Crippen molar-refractivity contribution in [1.82, 2.24) is 14.1 Å². The van der Waals surface area contributed by atoms with Crippen LogP contribution in [0.4, 0.5) is 0 Å². The summed E-state index contributed by atoms with van der Waals surface area (Å²) in [7, 11) is -0.313. The zero-order valence-electron chi connectivity index (χ0n) is 11.2. The van der Waals surface area contributed by atoms with Crippen LogP contribution in [0.2, 0.25) is 0 Å². The number of ether oxygens (including phenoxy) is 1. The number of methoxy groups -OCH3 is 1. The van der Waals surface area contributed by atoms with Gasteiger partial charge in [-0.1, -0.05) is 0 Å². The standard InChI is InChI=1S/C11H20ClN3O3S/c1-14(6-4-8-18-2)19(16,17)11-9-13-15(10-11)7-3-5-12/h9-10H,3-8H2,1-2H3. The minimum absolute atomic E-state index is 0.210. The molecular formula is C11H20ClN3O3S. The maximum absolute atomic E-state index is 12.2. The van der Waals surface area contributed by atoms with E-state index < -0.39 is 10.0 Å².